The molecule has 1 saturated heterocycles. The molecule has 3 aromatic heterocycles. The number of aryl methyl sites for hydroxylation is 2. The van der Waals surface area contributed by atoms with Crippen LogP contribution in [0.15, 0.2) is 47.1 Å². The van der Waals surface area contributed by atoms with Gasteiger partial charge in [0.05, 0.1) is 17.2 Å². The Morgan fingerprint density at radius 2 is 1.94 bits per heavy atom. The third-order valence-electron chi connectivity index (χ3n) is 5.90. The summed E-state index contributed by atoms with van der Waals surface area (Å²) in [7, 11) is 0. The Balaban J connectivity index is 1.45. The minimum atomic E-state index is -0.143. The van der Waals surface area contributed by atoms with E-state index >= 15 is 0 Å². The second-order valence-electron chi connectivity index (χ2n) is 7.98. The number of rotatable bonds is 5. The summed E-state index contributed by atoms with van der Waals surface area (Å²) in [5.41, 5.74) is 2.28. The standard InChI is InChI=1S/C23H25N5O3S/c1-3-18-24-23-28(25-18)22(30)20(32-23)19(16-8-6-15(2)7-9-16)26-10-12-27(13-11-26)21(29)17-5-4-14-31-17/h4-9,14,19,30H,3,10-13H2,1-2H3. The number of amides is 1. The molecule has 5 rings (SSSR count). The number of fused-ring (bicyclic) bond motifs is 1. The minimum absolute atomic E-state index is 0.0877. The molecule has 1 aromatic carbocycles. The van der Waals surface area contributed by atoms with Gasteiger partial charge in [-0.05, 0) is 24.6 Å². The predicted octanol–water partition coefficient (Wildman–Crippen LogP) is 3.51. The Morgan fingerprint density at radius 3 is 2.56 bits per heavy atom. The SMILES string of the molecule is CCc1nc2sc(C(c3ccc(C)cc3)N3CCN(C(=O)c4ccco4)CC3)c(O)n2n1. The summed E-state index contributed by atoms with van der Waals surface area (Å²) in [6, 6.07) is 11.7. The number of carbonyl (C=O) groups excluding carboxylic acids is 1. The van der Waals surface area contributed by atoms with Gasteiger partial charge in [0.2, 0.25) is 10.8 Å². The van der Waals surface area contributed by atoms with Gasteiger partial charge in [-0.2, -0.15) is 4.52 Å². The van der Waals surface area contributed by atoms with E-state index in [1.807, 2.05) is 11.8 Å². The van der Waals surface area contributed by atoms with Crippen molar-refractivity contribution in [1.82, 2.24) is 24.4 Å². The van der Waals surface area contributed by atoms with Crippen LogP contribution in [0.25, 0.3) is 4.96 Å². The van der Waals surface area contributed by atoms with E-state index in [0.717, 1.165) is 22.7 Å². The summed E-state index contributed by atoms with van der Waals surface area (Å²) >= 11 is 1.47. The maximum atomic E-state index is 12.7. The molecule has 0 bridgehead atoms. The Bertz CT molecular complexity index is 1220. The molecule has 1 fully saturated rings. The first-order valence-electron chi connectivity index (χ1n) is 10.8. The molecule has 1 aliphatic rings. The smallest absolute Gasteiger partial charge is 0.289 e. The zero-order chi connectivity index (χ0) is 22.2. The molecule has 32 heavy (non-hydrogen) atoms. The minimum Gasteiger partial charge on any atom is -0.492 e. The Labute approximate surface area is 189 Å². The molecule has 8 nitrogen and oxygen atoms in total. The van der Waals surface area contributed by atoms with Crippen molar-refractivity contribution in [2.45, 2.75) is 26.3 Å². The van der Waals surface area contributed by atoms with Crippen LogP contribution in [0.2, 0.25) is 0 Å². The van der Waals surface area contributed by atoms with E-state index in [4.69, 9.17) is 4.42 Å². The van der Waals surface area contributed by atoms with Crippen LogP contribution in [-0.2, 0) is 6.42 Å². The van der Waals surface area contributed by atoms with Crippen LogP contribution in [0.4, 0.5) is 0 Å². The van der Waals surface area contributed by atoms with Crippen molar-refractivity contribution in [3.8, 4) is 5.88 Å². The van der Waals surface area contributed by atoms with Crippen molar-refractivity contribution in [2.75, 3.05) is 26.2 Å². The van der Waals surface area contributed by atoms with Gasteiger partial charge in [0.25, 0.3) is 5.91 Å². The number of hydrogen-bond acceptors (Lipinski definition) is 7. The summed E-state index contributed by atoms with van der Waals surface area (Å²) in [5.74, 6) is 1.13. The lowest BCUT2D eigenvalue weighted by Crippen LogP contribution is -2.49. The highest BCUT2D eigenvalue weighted by Gasteiger charge is 2.33. The maximum Gasteiger partial charge on any atom is 0.289 e. The molecular formula is C23H25N5O3S. The second kappa shape index (κ2) is 8.40. The zero-order valence-electron chi connectivity index (χ0n) is 18.1. The molecule has 1 atom stereocenters. The topological polar surface area (TPSA) is 87.1 Å². The predicted molar refractivity (Wildman–Crippen MR) is 121 cm³/mol. The normalized spacial score (nSPS) is 16.0. The molecular weight excluding hydrogens is 426 g/mol. The van der Waals surface area contributed by atoms with Crippen molar-refractivity contribution in [2.24, 2.45) is 0 Å². The number of nitrogens with zero attached hydrogens (tertiary/aromatic N) is 5. The van der Waals surface area contributed by atoms with Gasteiger partial charge in [0.1, 0.15) is 0 Å². The maximum absolute atomic E-state index is 12.7. The number of furan rings is 1. The third-order valence-corrected chi connectivity index (χ3v) is 6.97. The molecule has 1 amide bonds. The fourth-order valence-corrected chi connectivity index (χ4v) is 5.27. The van der Waals surface area contributed by atoms with Gasteiger partial charge in [-0.1, -0.05) is 48.1 Å². The Morgan fingerprint density at radius 1 is 1.19 bits per heavy atom. The number of aromatic hydroxyl groups is 1. The molecule has 4 heterocycles. The number of benzene rings is 1. The van der Waals surface area contributed by atoms with Crippen molar-refractivity contribution >= 4 is 22.2 Å². The first kappa shape index (κ1) is 20.7. The summed E-state index contributed by atoms with van der Waals surface area (Å²) in [5, 5.41) is 15.5. The van der Waals surface area contributed by atoms with Crippen molar-refractivity contribution in [1.29, 1.82) is 0 Å². The molecule has 0 saturated carbocycles. The number of aromatic nitrogens is 3. The monoisotopic (exact) mass is 451 g/mol. The lowest BCUT2D eigenvalue weighted by atomic mass is 10.0. The van der Waals surface area contributed by atoms with Crippen molar-refractivity contribution in [3.63, 3.8) is 0 Å². The van der Waals surface area contributed by atoms with E-state index in [-0.39, 0.29) is 17.8 Å². The van der Waals surface area contributed by atoms with Crippen LogP contribution in [0, 0.1) is 6.92 Å². The third kappa shape index (κ3) is 3.67. The van der Waals surface area contributed by atoms with Gasteiger partial charge in [0, 0.05) is 32.6 Å². The van der Waals surface area contributed by atoms with E-state index in [9.17, 15) is 9.90 Å². The lowest BCUT2D eigenvalue weighted by Gasteiger charge is -2.38. The summed E-state index contributed by atoms with van der Waals surface area (Å²) in [4.78, 5) is 22.8. The van der Waals surface area contributed by atoms with Crippen LogP contribution in [0.5, 0.6) is 5.88 Å². The van der Waals surface area contributed by atoms with E-state index < -0.39 is 0 Å². The van der Waals surface area contributed by atoms with Crippen LogP contribution in [0.3, 0.4) is 0 Å². The molecule has 0 aliphatic carbocycles. The first-order chi connectivity index (χ1) is 15.5. The fraction of sp³-hybridized carbons (Fsp3) is 0.348. The number of hydrogen-bond donors (Lipinski definition) is 1. The summed E-state index contributed by atoms with van der Waals surface area (Å²) in [6.07, 6.45) is 2.24. The Hall–Kier alpha value is -3.17. The molecule has 166 valence electrons. The quantitative estimate of drug-likeness (QED) is 0.500. The van der Waals surface area contributed by atoms with Gasteiger partial charge in [0.15, 0.2) is 11.6 Å². The van der Waals surface area contributed by atoms with Crippen LogP contribution in [-0.4, -0.2) is 61.6 Å². The number of carbonyl (C=O) groups is 1. The summed E-state index contributed by atoms with van der Waals surface area (Å²) < 4.78 is 6.82. The van der Waals surface area contributed by atoms with Gasteiger partial charge in [-0.15, -0.1) is 5.10 Å². The largest absolute Gasteiger partial charge is 0.492 e. The average Bonchev–Trinajstić information content (AvgIpc) is 3.54. The van der Waals surface area contributed by atoms with Gasteiger partial charge in [-0.25, -0.2) is 4.98 Å². The number of thiazole rings is 1. The van der Waals surface area contributed by atoms with Crippen LogP contribution in [0.1, 0.15) is 45.3 Å². The van der Waals surface area contributed by atoms with Gasteiger partial charge >= 0.3 is 0 Å². The molecule has 9 heteroatoms. The van der Waals surface area contributed by atoms with E-state index in [0.29, 0.717) is 36.9 Å². The van der Waals surface area contributed by atoms with Gasteiger partial charge < -0.3 is 14.4 Å². The van der Waals surface area contributed by atoms with Gasteiger partial charge in [-0.3, -0.25) is 9.69 Å². The van der Waals surface area contributed by atoms with E-state index in [1.165, 1.54) is 27.7 Å². The highest BCUT2D eigenvalue weighted by atomic mass is 32.1. The van der Waals surface area contributed by atoms with Crippen LogP contribution < -0.4 is 0 Å². The lowest BCUT2D eigenvalue weighted by molar-refractivity contribution is 0.0568. The molecule has 1 N–H and O–H groups in total. The molecule has 0 radical (unpaired) electrons. The highest BCUT2D eigenvalue weighted by molar-refractivity contribution is 7.17. The second-order valence-corrected chi connectivity index (χ2v) is 8.99. The van der Waals surface area contributed by atoms with E-state index in [1.54, 1.807) is 12.1 Å². The van der Waals surface area contributed by atoms with Crippen LogP contribution >= 0.6 is 11.3 Å². The van der Waals surface area contributed by atoms with Crippen molar-refractivity contribution < 1.29 is 14.3 Å². The zero-order valence-corrected chi connectivity index (χ0v) is 18.9. The van der Waals surface area contributed by atoms with Crippen molar-refractivity contribution in [3.05, 3.63) is 70.3 Å². The molecule has 4 aromatic rings. The Kier molecular flexibility index (Phi) is 5.44. The molecule has 0 spiro atoms. The molecule has 1 aliphatic heterocycles. The molecule has 1 unspecified atom stereocenters. The average molecular weight is 452 g/mol. The first-order valence-corrected chi connectivity index (χ1v) is 11.6. The number of piperazine rings is 1. The fourth-order valence-electron chi connectivity index (χ4n) is 4.13. The summed E-state index contributed by atoms with van der Waals surface area (Å²) in [6.45, 7) is 6.59. The van der Waals surface area contributed by atoms with E-state index in [2.05, 4.69) is 46.2 Å². The highest BCUT2D eigenvalue weighted by Crippen LogP contribution is 2.40.